The molecule has 2 aliphatic heterocycles. The van der Waals surface area contributed by atoms with Crippen LogP contribution in [-0.4, -0.2) is 96.5 Å². The number of hydrogen-bond acceptors (Lipinski definition) is 7. The van der Waals surface area contributed by atoms with Crippen LogP contribution < -0.4 is 9.80 Å². The molecule has 2 fully saturated rings. The summed E-state index contributed by atoms with van der Waals surface area (Å²) in [6.45, 7) is 7.63. The molecule has 31 heavy (non-hydrogen) atoms. The second-order valence-electron chi connectivity index (χ2n) is 8.16. The number of aromatic nitrogens is 2. The van der Waals surface area contributed by atoms with E-state index in [1.165, 1.54) is 5.56 Å². The van der Waals surface area contributed by atoms with E-state index in [2.05, 4.69) is 37.0 Å². The van der Waals surface area contributed by atoms with Gasteiger partial charge in [0.2, 0.25) is 5.91 Å². The molecule has 1 aromatic heterocycles. The molecule has 8 nitrogen and oxygen atoms in total. The van der Waals surface area contributed by atoms with Crippen molar-refractivity contribution in [1.29, 1.82) is 0 Å². The van der Waals surface area contributed by atoms with Crippen LogP contribution in [-0.2, 0) is 11.2 Å². The monoisotopic (exact) mass is 424 g/mol. The SMILES string of the molecule is O=C(CCc1ccccc1)N1CCN(c2ccc(N3CCN(CCO)CC3)nn2)CC1. The molecular weight excluding hydrogens is 392 g/mol. The van der Waals surface area contributed by atoms with E-state index in [4.69, 9.17) is 5.11 Å². The number of hydrogen-bond donors (Lipinski definition) is 1. The van der Waals surface area contributed by atoms with Crippen LogP contribution in [0.3, 0.4) is 0 Å². The topological polar surface area (TPSA) is 76.0 Å². The summed E-state index contributed by atoms with van der Waals surface area (Å²) in [6.07, 6.45) is 1.35. The predicted octanol–water partition coefficient (Wildman–Crippen LogP) is 0.872. The van der Waals surface area contributed by atoms with Gasteiger partial charge < -0.3 is 19.8 Å². The van der Waals surface area contributed by atoms with Crippen LogP contribution in [0, 0.1) is 0 Å². The second kappa shape index (κ2) is 10.5. The van der Waals surface area contributed by atoms with E-state index < -0.39 is 0 Å². The van der Waals surface area contributed by atoms with Gasteiger partial charge in [0.1, 0.15) is 0 Å². The predicted molar refractivity (Wildman–Crippen MR) is 121 cm³/mol. The summed E-state index contributed by atoms with van der Waals surface area (Å²) in [6, 6.07) is 14.3. The minimum atomic E-state index is 0.209. The summed E-state index contributed by atoms with van der Waals surface area (Å²) in [5, 5.41) is 18.0. The highest BCUT2D eigenvalue weighted by Crippen LogP contribution is 2.18. The normalized spacial score (nSPS) is 17.8. The first-order valence-corrected chi connectivity index (χ1v) is 11.2. The summed E-state index contributed by atoms with van der Waals surface area (Å²) >= 11 is 0. The quantitative estimate of drug-likeness (QED) is 0.707. The van der Waals surface area contributed by atoms with Crippen molar-refractivity contribution < 1.29 is 9.90 Å². The summed E-state index contributed by atoms with van der Waals surface area (Å²) in [5.41, 5.74) is 1.21. The number of carbonyl (C=O) groups is 1. The number of aliphatic hydroxyl groups excluding tert-OH is 1. The molecule has 2 aromatic rings. The van der Waals surface area contributed by atoms with E-state index >= 15 is 0 Å². The number of nitrogens with zero attached hydrogens (tertiary/aromatic N) is 6. The summed E-state index contributed by atoms with van der Waals surface area (Å²) < 4.78 is 0. The maximum Gasteiger partial charge on any atom is 0.223 e. The lowest BCUT2D eigenvalue weighted by molar-refractivity contribution is -0.131. The largest absolute Gasteiger partial charge is 0.395 e. The van der Waals surface area contributed by atoms with Crippen molar-refractivity contribution in [2.24, 2.45) is 0 Å². The van der Waals surface area contributed by atoms with Gasteiger partial charge in [0.05, 0.1) is 6.61 Å². The lowest BCUT2D eigenvalue weighted by Crippen LogP contribution is -2.49. The Bertz CT molecular complexity index is 816. The van der Waals surface area contributed by atoms with Crippen LogP contribution in [0.1, 0.15) is 12.0 Å². The van der Waals surface area contributed by atoms with Crippen molar-refractivity contribution >= 4 is 17.5 Å². The Labute approximate surface area is 184 Å². The number of anilines is 2. The van der Waals surface area contributed by atoms with Gasteiger partial charge in [-0.25, -0.2) is 0 Å². The van der Waals surface area contributed by atoms with E-state index in [-0.39, 0.29) is 12.5 Å². The van der Waals surface area contributed by atoms with Gasteiger partial charge in [-0.1, -0.05) is 30.3 Å². The van der Waals surface area contributed by atoms with Crippen LogP contribution in [0.25, 0.3) is 0 Å². The van der Waals surface area contributed by atoms with Crippen molar-refractivity contribution in [2.45, 2.75) is 12.8 Å². The van der Waals surface area contributed by atoms with Crippen LogP contribution in [0.2, 0.25) is 0 Å². The Morgan fingerprint density at radius 3 is 1.94 bits per heavy atom. The third-order valence-corrected chi connectivity index (χ3v) is 6.18. The van der Waals surface area contributed by atoms with Gasteiger partial charge in [-0.05, 0) is 24.1 Å². The molecule has 4 rings (SSSR count). The minimum absolute atomic E-state index is 0.209. The second-order valence-corrected chi connectivity index (χ2v) is 8.16. The van der Waals surface area contributed by atoms with E-state index in [1.807, 2.05) is 35.2 Å². The summed E-state index contributed by atoms with van der Waals surface area (Å²) in [7, 11) is 0. The van der Waals surface area contributed by atoms with Crippen LogP contribution in [0.4, 0.5) is 11.6 Å². The van der Waals surface area contributed by atoms with Crippen LogP contribution in [0.5, 0.6) is 0 Å². The van der Waals surface area contributed by atoms with E-state index in [9.17, 15) is 4.79 Å². The number of rotatable bonds is 7. The van der Waals surface area contributed by atoms with Crippen molar-refractivity contribution in [3.63, 3.8) is 0 Å². The van der Waals surface area contributed by atoms with Gasteiger partial charge in [0.25, 0.3) is 0 Å². The molecule has 1 aromatic carbocycles. The number of β-amino-alcohol motifs (C(OH)–C–C–N with tert-alkyl or cyclic N) is 1. The first-order chi connectivity index (χ1) is 15.2. The molecule has 2 aliphatic rings. The van der Waals surface area contributed by atoms with Gasteiger partial charge in [0, 0.05) is 65.3 Å². The first-order valence-electron chi connectivity index (χ1n) is 11.2. The van der Waals surface area contributed by atoms with Gasteiger partial charge in [-0.3, -0.25) is 9.69 Å². The minimum Gasteiger partial charge on any atom is -0.395 e. The number of amides is 1. The number of aryl methyl sites for hydroxylation is 1. The van der Waals surface area contributed by atoms with Gasteiger partial charge in [-0.15, -0.1) is 10.2 Å². The van der Waals surface area contributed by atoms with Crippen LogP contribution in [0.15, 0.2) is 42.5 Å². The Hall–Kier alpha value is -2.71. The Morgan fingerprint density at radius 1 is 0.806 bits per heavy atom. The van der Waals surface area contributed by atoms with Crippen molar-refractivity contribution in [1.82, 2.24) is 20.0 Å². The highest BCUT2D eigenvalue weighted by Gasteiger charge is 2.23. The fourth-order valence-corrected chi connectivity index (χ4v) is 4.24. The fraction of sp³-hybridized carbons (Fsp3) is 0.522. The molecule has 0 aliphatic carbocycles. The number of piperazine rings is 2. The maximum atomic E-state index is 12.6. The standard InChI is InChI=1S/C23H32N6O2/c30-19-18-26-10-12-27(13-11-26)21-7-8-22(25-24-21)28-14-16-29(17-15-28)23(31)9-6-20-4-2-1-3-5-20/h1-5,7-8,30H,6,9-19H2. The smallest absolute Gasteiger partial charge is 0.223 e. The zero-order chi connectivity index (χ0) is 21.5. The summed E-state index contributed by atoms with van der Waals surface area (Å²) in [4.78, 5) is 21.2. The fourth-order valence-electron chi connectivity index (χ4n) is 4.24. The Morgan fingerprint density at radius 2 is 1.39 bits per heavy atom. The lowest BCUT2D eigenvalue weighted by Gasteiger charge is -2.36. The molecule has 1 N–H and O–H groups in total. The molecule has 8 heteroatoms. The lowest BCUT2D eigenvalue weighted by atomic mass is 10.1. The Kier molecular flexibility index (Phi) is 7.32. The molecule has 0 atom stereocenters. The molecular formula is C23H32N6O2. The van der Waals surface area contributed by atoms with Gasteiger partial charge in [-0.2, -0.15) is 0 Å². The maximum absolute atomic E-state index is 12.6. The average molecular weight is 425 g/mol. The first kappa shape index (κ1) is 21.5. The zero-order valence-electron chi connectivity index (χ0n) is 18.1. The molecule has 0 unspecified atom stereocenters. The van der Waals surface area contributed by atoms with E-state index in [1.54, 1.807) is 0 Å². The zero-order valence-corrected chi connectivity index (χ0v) is 18.1. The van der Waals surface area contributed by atoms with E-state index in [0.29, 0.717) is 6.42 Å². The molecule has 166 valence electrons. The van der Waals surface area contributed by atoms with Crippen molar-refractivity contribution in [3.05, 3.63) is 48.0 Å². The number of aliphatic hydroxyl groups is 1. The van der Waals surface area contributed by atoms with Gasteiger partial charge >= 0.3 is 0 Å². The molecule has 1 amide bonds. The highest BCUT2D eigenvalue weighted by molar-refractivity contribution is 5.76. The number of carbonyl (C=O) groups excluding carboxylic acids is 1. The molecule has 0 bridgehead atoms. The third-order valence-electron chi connectivity index (χ3n) is 6.18. The third kappa shape index (κ3) is 5.71. The molecule has 0 saturated carbocycles. The molecule has 2 saturated heterocycles. The average Bonchev–Trinajstić information content (AvgIpc) is 2.84. The molecule has 0 radical (unpaired) electrons. The summed E-state index contributed by atoms with van der Waals surface area (Å²) in [5.74, 6) is 2.01. The van der Waals surface area contributed by atoms with Crippen molar-refractivity contribution in [2.75, 3.05) is 75.3 Å². The molecule has 3 heterocycles. The van der Waals surface area contributed by atoms with E-state index in [0.717, 1.165) is 77.0 Å². The van der Waals surface area contributed by atoms with Gasteiger partial charge in [0.15, 0.2) is 11.6 Å². The van der Waals surface area contributed by atoms with Crippen molar-refractivity contribution in [3.8, 4) is 0 Å². The Balaban J connectivity index is 1.23. The molecule has 0 spiro atoms. The van der Waals surface area contributed by atoms with Crippen LogP contribution >= 0.6 is 0 Å². The number of benzene rings is 1. The highest BCUT2D eigenvalue weighted by atomic mass is 16.3.